The molecule has 1 aromatic heterocycles. The molecule has 33 heavy (non-hydrogen) atoms. The van der Waals surface area contributed by atoms with Crippen LogP contribution in [0, 0.1) is 6.92 Å². The van der Waals surface area contributed by atoms with Crippen LogP contribution in [0.25, 0.3) is 10.2 Å². The van der Waals surface area contributed by atoms with Crippen LogP contribution in [-0.2, 0) is 14.3 Å². The minimum absolute atomic E-state index is 0.0511. The quantitative estimate of drug-likeness (QED) is 0.490. The predicted octanol–water partition coefficient (Wildman–Crippen LogP) is 4.74. The third-order valence-electron chi connectivity index (χ3n) is 5.95. The summed E-state index contributed by atoms with van der Waals surface area (Å²) in [7, 11) is 0. The van der Waals surface area contributed by atoms with E-state index in [2.05, 4.69) is 0 Å². The van der Waals surface area contributed by atoms with Gasteiger partial charge in [-0.25, -0.2) is 4.98 Å². The van der Waals surface area contributed by atoms with Crippen molar-refractivity contribution in [3.8, 4) is 0 Å². The molecule has 2 fully saturated rings. The summed E-state index contributed by atoms with van der Waals surface area (Å²) in [6, 6.07) is 10.3. The summed E-state index contributed by atoms with van der Waals surface area (Å²) < 4.78 is 6.72. The molecule has 0 spiro atoms. The highest BCUT2D eigenvalue weighted by atomic mass is 35.5. The number of carbonyl (C=O) groups is 3. The molecule has 2 aliphatic heterocycles. The van der Waals surface area contributed by atoms with E-state index >= 15 is 0 Å². The van der Waals surface area contributed by atoms with Crippen LogP contribution in [0.2, 0.25) is 5.02 Å². The van der Waals surface area contributed by atoms with Gasteiger partial charge in [-0.1, -0.05) is 22.9 Å². The number of aryl methyl sites for hydroxylation is 1. The van der Waals surface area contributed by atoms with Gasteiger partial charge < -0.3 is 4.74 Å². The molecule has 170 valence electrons. The second-order valence-electron chi connectivity index (χ2n) is 8.29. The highest BCUT2D eigenvalue weighted by Gasteiger charge is 2.31. The molecular formula is C24H22ClN3O4S. The van der Waals surface area contributed by atoms with Crippen LogP contribution in [-0.4, -0.2) is 42.0 Å². The number of ether oxygens (including phenoxy) is 1. The molecule has 0 bridgehead atoms. The molecule has 2 aliphatic rings. The largest absolute Gasteiger partial charge is 0.376 e. The molecule has 3 amide bonds. The maximum Gasteiger partial charge on any atom is 0.260 e. The molecule has 0 saturated carbocycles. The molecule has 5 rings (SSSR count). The zero-order valence-corrected chi connectivity index (χ0v) is 19.6. The Bertz CT molecular complexity index is 1230. The van der Waals surface area contributed by atoms with Gasteiger partial charge in [0.05, 0.1) is 28.6 Å². The number of aromatic nitrogens is 1. The van der Waals surface area contributed by atoms with E-state index in [9.17, 15) is 14.4 Å². The van der Waals surface area contributed by atoms with Crippen LogP contribution in [0.15, 0.2) is 36.4 Å². The third-order valence-corrected chi connectivity index (χ3v) is 7.19. The molecule has 0 N–H and O–H groups in total. The molecule has 0 radical (unpaired) electrons. The summed E-state index contributed by atoms with van der Waals surface area (Å²) in [6.07, 6.45) is 2.24. The van der Waals surface area contributed by atoms with Gasteiger partial charge in [-0.05, 0) is 61.7 Å². The summed E-state index contributed by atoms with van der Waals surface area (Å²) in [5.74, 6) is -0.649. The number of rotatable bonds is 5. The fourth-order valence-electron chi connectivity index (χ4n) is 4.27. The van der Waals surface area contributed by atoms with E-state index in [0.29, 0.717) is 34.6 Å². The highest BCUT2D eigenvalue weighted by molar-refractivity contribution is 7.22. The van der Waals surface area contributed by atoms with Crippen molar-refractivity contribution >= 4 is 61.7 Å². The Hall–Kier alpha value is -2.81. The number of carbonyl (C=O) groups excluding carboxylic acids is 3. The number of benzene rings is 2. The molecule has 9 heteroatoms. The normalized spacial score (nSPS) is 18.5. The Balaban J connectivity index is 1.47. The van der Waals surface area contributed by atoms with Gasteiger partial charge in [0.1, 0.15) is 0 Å². The summed E-state index contributed by atoms with van der Waals surface area (Å²) >= 11 is 7.64. The van der Waals surface area contributed by atoms with Gasteiger partial charge in [0.2, 0.25) is 11.8 Å². The van der Waals surface area contributed by atoms with Crippen LogP contribution in [0.5, 0.6) is 0 Å². The first kappa shape index (κ1) is 22.0. The number of halogens is 1. The lowest BCUT2D eigenvalue weighted by atomic mass is 10.1. The van der Waals surface area contributed by atoms with Crippen LogP contribution >= 0.6 is 22.9 Å². The highest BCUT2D eigenvalue weighted by Crippen LogP contribution is 2.34. The predicted molar refractivity (Wildman–Crippen MR) is 128 cm³/mol. The van der Waals surface area contributed by atoms with Gasteiger partial charge in [0.25, 0.3) is 5.91 Å². The molecule has 0 aliphatic carbocycles. The lowest BCUT2D eigenvalue weighted by molar-refractivity contribution is -0.121. The maximum atomic E-state index is 13.6. The molecule has 3 aromatic rings. The molecule has 1 atom stereocenters. The van der Waals surface area contributed by atoms with Crippen molar-refractivity contribution in [1.29, 1.82) is 0 Å². The van der Waals surface area contributed by atoms with E-state index < -0.39 is 0 Å². The zero-order chi connectivity index (χ0) is 23.1. The van der Waals surface area contributed by atoms with Gasteiger partial charge in [-0.15, -0.1) is 0 Å². The van der Waals surface area contributed by atoms with Crippen molar-refractivity contribution in [2.24, 2.45) is 0 Å². The Morgan fingerprint density at radius 3 is 2.61 bits per heavy atom. The minimum Gasteiger partial charge on any atom is -0.376 e. The summed E-state index contributed by atoms with van der Waals surface area (Å²) in [5.41, 5.74) is 2.71. The van der Waals surface area contributed by atoms with Crippen LogP contribution in [0.1, 0.15) is 41.6 Å². The summed E-state index contributed by atoms with van der Waals surface area (Å²) in [6.45, 7) is 3.04. The van der Waals surface area contributed by atoms with Gasteiger partial charge >= 0.3 is 0 Å². The first-order valence-electron chi connectivity index (χ1n) is 10.9. The van der Waals surface area contributed by atoms with E-state index in [-0.39, 0.29) is 36.7 Å². The summed E-state index contributed by atoms with van der Waals surface area (Å²) in [4.78, 5) is 45.2. The van der Waals surface area contributed by atoms with Crippen molar-refractivity contribution < 1.29 is 19.1 Å². The van der Waals surface area contributed by atoms with Gasteiger partial charge in [-0.2, -0.15) is 0 Å². The van der Waals surface area contributed by atoms with Crippen molar-refractivity contribution in [3.05, 3.63) is 52.5 Å². The molecule has 1 unspecified atom stereocenters. The third kappa shape index (κ3) is 4.26. The first-order chi connectivity index (χ1) is 15.9. The number of nitrogens with zero attached hydrogens (tertiary/aromatic N) is 3. The molecule has 3 heterocycles. The summed E-state index contributed by atoms with van der Waals surface area (Å²) in [5, 5.41) is 1.22. The van der Waals surface area contributed by atoms with E-state index in [1.54, 1.807) is 29.2 Å². The molecular weight excluding hydrogens is 462 g/mol. The van der Waals surface area contributed by atoms with Crippen molar-refractivity contribution in [2.75, 3.05) is 23.0 Å². The average molecular weight is 484 g/mol. The smallest absolute Gasteiger partial charge is 0.260 e. The molecule has 7 nitrogen and oxygen atoms in total. The number of imide groups is 1. The Labute approximate surface area is 199 Å². The number of thiazole rings is 1. The van der Waals surface area contributed by atoms with Crippen molar-refractivity contribution in [1.82, 2.24) is 4.98 Å². The van der Waals surface area contributed by atoms with Crippen LogP contribution in [0.3, 0.4) is 0 Å². The lowest BCUT2D eigenvalue weighted by Gasteiger charge is -2.23. The second kappa shape index (κ2) is 8.85. The van der Waals surface area contributed by atoms with E-state index in [4.69, 9.17) is 21.3 Å². The lowest BCUT2D eigenvalue weighted by Crippen LogP contribution is -2.37. The topological polar surface area (TPSA) is 79.8 Å². The Morgan fingerprint density at radius 2 is 1.94 bits per heavy atom. The van der Waals surface area contributed by atoms with E-state index in [0.717, 1.165) is 28.6 Å². The fraction of sp³-hybridized carbons (Fsp3) is 0.333. The average Bonchev–Trinajstić information content (AvgIpc) is 3.52. The zero-order valence-electron chi connectivity index (χ0n) is 18.0. The van der Waals surface area contributed by atoms with Crippen LogP contribution in [0.4, 0.5) is 10.8 Å². The van der Waals surface area contributed by atoms with Gasteiger partial charge in [-0.3, -0.25) is 24.2 Å². The van der Waals surface area contributed by atoms with Gasteiger partial charge in [0, 0.05) is 30.0 Å². The number of hydrogen-bond donors (Lipinski definition) is 0. The van der Waals surface area contributed by atoms with E-state index in [1.807, 2.05) is 19.1 Å². The number of anilines is 2. The van der Waals surface area contributed by atoms with E-state index in [1.165, 1.54) is 16.2 Å². The van der Waals surface area contributed by atoms with Crippen LogP contribution < -0.4 is 9.80 Å². The second-order valence-corrected chi connectivity index (χ2v) is 9.73. The van der Waals surface area contributed by atoms with Crippen molar-refractivity contribution in [2.45, 2.75) is 38.7 Å². The maximum absolute atomic E-state index is 13.6. The number of amides is 3. The first-order valence-corrected chi connectivity index (χ1v) is 12.1. The number of fused-ring (bicyclic) bond motifs is 1. The van der Waals surface area contributed by atoms with Gasteiger partial charge in [0.15, 0.2) is 5.13 Å². The SMILES string of the molecule is Cc1cc(Cl)cc2sc(N(CC3CCCO3)C(=O)c3ccc(N4C(=O)CCC4=O)cc3)nc12. The monoisotopic (exact) mass is 483 g/mol. The Morgan fingerprint density at radius 1 is 1.21 bits per heavy atom. The Kier molecular flexibility index (Phi) is 5.90. The standard InChI is InChI=1S/C24H22ClN3O4S/c1-14-11-16(25)12-19-22(14)26-24(33-19)27(13-18-3-2-10-32-18)23(31)15-4-6-17(7-5-15)28-20(29)8-9-21(28)30/h4-7,11-12,18H,2-3,8-10,13H2,1H3. The molecule has 2 saturated heterocycles. The van der Waals surface area contributed by atoms with Crippen molar-refractivity contribution in [3.63, 3.8) is 0 Å². The fourth-order valence-corrected chi connectivity index (χ4v) is 5.70. The number of hydrogen-bond acceptors (Lipinski definition) is 6. The minimum atomic E-state index is -0.220. The molecule has 2 aromatic carbocycles.